The van der Waals surface area contributed by atoms with Gasteiger partial charge >= 0.3 is 0 Å². The Labute approximate surface area is 287 Å². The molecule has 0 saturated carbocycles. The van der Waals surface area contributed by atoms with E-state index >= 15 is 0 Å². The van der Waals surface area contributed by atoms with E-state index in [1.807, 2.05) is 0 Å². The zero-order chi connectivity index (χ0) is 33.6. The van der Waals surface area contributed by atoms with Gasteiger partial charge in [-0.05, 0) is 107 Å². The van der Waals surface area contributed by atoms with Crippen molar-refractivity contribution in [3.63, 3.8) is 0 Å². The van der Waals surface area contributed by atoms with E-state index < -0.39 is 0 Å². The lowest BCUT2D eigenvalue weighted by Crippen LogP contribution is -2.17. The van der Waals surface area contributed by atoms with Crippen LogP contribution >= 0.6 is 0 Å². The number of benzene rings is 5. The molecule has 2 atom stereocenters. The molecule has 2 unspecified atom stereocenters. The first-order valence-electron chi connectivity index (χ1n) is 17.8. The van der Waals surface area contributed by atoms with Gasteiger partial charge < -0.3 is 4.90 Å². The number of rotatable bonds is 7. The van der Waals surface area contributed by atoms with Crippen LogP contribution in [0.3, 0.4) is 0 Å². The number of hydrogen-bond donors (Lipinski definition) is 0. The Bertz CT molecular complexity index is 2150. The van der Waals surface area contributed by atoms with Gasteiger partial charge in [0, 0.05) is 22.3 Å². The summed E-state index contributed by atoms with van der Waals surface area (Å²) in [5.41, 5.74) is 10.4. The number of nitrogens with zero attached hydrogens (tertiary/aromatic N) is 1. The first-order valence-corrected chi connectivity index (χ1v) is 17.8. The zero-order valence-electron chi connectivity index (χ0n) is 29.8. The predicted molar refractivity (Wildman–Crippen MR) is 211 cm³/mol. The lowest BCUT2D eigenvalue weighted by Gasteiger charge is -2.31. The van der Waals surface area contributed by atoms with Crippen LogP contribution in [0.5, 0.6) is 0 Å². The first kappa shape index (κ1) is 32.0. The first-order chi connectivity index (χ1) is 23.1. The van der Waals surface area contributed by atoms with Gasteiger partial charge in [0.05, 0.1) is 5.69 Å². The van der Waals surface area contributed by atoms with Crippen LogP contribution in [-0.2, 0) is 5.41 Å². The summed E-state index contributed by atoms with van der Waals surface area (Å²) in [6.07, 6.45) is 22.1. The molecule has 0 amide bonds. The second-order valence-corrected chi connectivity index (χ2v) is 15.2. The standard InChI is InChI=1S/C47H49N/c1-31-13-18-36(19-14-31)42(26-17-33(3)35-11-9-8-10-12-35)34(4)48(41-24-15-32(2)16-25-41)44-28-23-37-20-21-38-29-40(47(5,6)7)30-39-22-27-43(44)46(37)45(38)39/h8-9,11,13,15-31,33H,10,12,14H2,1-7H3/b26-17-,42-34-. The highest BCUT2D eigenvalue weighted by atomic mass is 15.1. The molecule has 1 heteroatoms. The van der Waals surface area contributed by atoms with Gasteiger partial charge in [-0.15, -0.1) is 0 Å². The summed E-state index contributed by atoms with van der Waals surface area (Å²) in [5, 5.41) is 7.92. The van der Waals surface area contributed by atoms with Crippen molar-refractivity contribution in [1.82, 2.24) is 0 Å². The molecule has 0 heterocycles. The number of aryl methyl sites for hydroxylation is 1. The van der Waals surface area contributed by atoms with Crippen LogP contribution in [0, 0.1) is 18.8 Å². The van der Waals surface area contributed by atoms with Crippen LogP contribution in [-0.4, -0.2) is 0 Å². The highest BCUT2D eigenvalue weighted by Crippen LogP contribution is 2.44. The summed E-state index contributed by atoms with van der Waals surface area (Å²) < 4.78 is 0. The molecule has 0 aliphatic heterocycles. The minimum absolute atomic E-state index is 0.0887. The second-order valence-electron chi connectivity index (χ2n) is 15.2. The molecule has 1 nitrogen and oxygen atoms in total. The quantitative estimate of drug-likeness (QED) is 0.128. The van der Waals surface area contributed by atoms with Crippen molar-refractivity contribution in [2.24, 2.45) is 11.8 Å². The van der Waals surface area contributed by atoms with Crippen LogP contribution < -0.4 is 4.90 Å². The fraction of sp³-hybridized carbons (Fsp3) is 0.277. The largest absolute Gasteiger partial charge is 0.313 e. The van der Waals surface area contributed by atoms with Gasteiger partial charge in [-0.25, -0.2) is 0 Å². The second kappa shape index (κ2) is 12.8. The van der Waals surface area contributed by atoms with Gasteiger partial charge in [0.25, 0.3) is 0 Å². The maximum atomic E-state index is 2.51. The normalized spacial score (nSPS) is 18.1. The predicted octanol–water partition coefficient (Wildman–Crippen LogP) is 13.6. The van der Waals surface area contributed by atoms with E-state index in [9.17, 15) is 0 Å². The third-order valence-corrected chi connectivity index (χ3v) is 10.5. The van der Waals surface area contributed by atoms with Crippen molar-refractivity contribution in [3.05, 3.63) is 155 Å². The van der Waals surface area contributed by atoms with E-state index in [0.29, 0.717) is 11.8 Å². The van der Waals surface area contributed by atoms with Crippen molar-refractivity contribution >= 4 is 43.7 Å². The molecule has 48 heavy (non-hydrogen) atoms. The van der Waals surface area contributed by atoms with Crippen LogP contribution in [0.15, 0.2) is 144 Å². The molecule has 2 aliphatic carbocycles. The van der Waals surface area contributed by atoms with E-state index in [-0.39, 0.29) is 5.41 Å². The molecule has 0 spiro atoms. The third kappa shape index (κ3) is 6.08. The van der Waals surface area contributed by atoms with Crippen molar-refractivity contribution in [1.29, 1.82) is 0 Å². The van der Waals surface area contributed by atoms with Gasteiger partial charge in [0.2, 0.25) is 0 Å². The average molecular weight is 628 g/mol. The lowest BCUT2D eigenvalue weighted by molar-refractivity contribution is 0.591. The lowest BCUT2D eigenvalue weighted by atomic mass is 9.83. The summed E-state index contributed by atoms with van der Waals surface area (Å²) in [6, 6.07) is 27.8. The Morgan fingerprint density at radius 1 is 0.896 bits per heavy atom. The molecule has 0 N–H and O–H groups in total. The smallest absolute Gasteiger partial charge is 0.0537 e. The molecule has 7 rings (SSSR count). The molecule has 242 valence electrons. The van der Waals surface area contributed by atoms with Gasteiger partial charge in [-0.3, -0.25) is 0 Å². The Kier molecular flexibility index (Phi) is 8.50. The topological polar surface area (TPSA) is 3.24 Å². The summed E-state index contributed by atoms with van der Waals surface area (Å²) in [5.74, 6) is 0.937. The number of allylic oxidation sites excluding steroid dienone is 12. The third-order valence-electron chi connectivity index (χ3n) is 10.5. The van der Waals surface area contributed by atoms with Crippen LogP contribution in [0.2, 0.25) is 0 Å². The molecule has 0 radical (unpaired) electrons. The average Bonchev–Trinajstić information content (AvgIpc) is 3.09. The zero-order valence-corrected chi connectivity index (χ0v) is 29.8. The molecule has 5 aromatic rings. The summed E-state index contributed by atoms with van der Waals surface area (Å²) >= 11 is 0. The van der Waals surface area contributed by atoms with Crippen LogP contribution in [0.1, 0.15) is 71.9 Å². The van der Waals surface area contributed by atoms with Crippen molar-refractivity contribution in [2.45, 2.75) is 73.1 Å². The monoisotopic (exact) mass is 627 g/mol. The van der Waals surface area contributed by atoms with Gasteiger partial charge in [-0.2, -0.15) is 0 Å². The highest BCUT2D eigenvalue weighted by Gasteiger charge is 2.23. The van der Waals surface area contributed by atoms with E-state index in [4.69, 9.17) is 0 Å². The molecular weight excluding hydrogens is 579 g/mol. The molecule has 0 saturated heterocycles. The molecule has 2 aliphatic rings. The molecule has 5 aromatic carbocycles. The van der Waals surface area contributed by atoms with E-state index in [0.717, 1.165) is 19.3 Å². The Morgan fingerprint density at radius 3 is 2.27 bits per heavy atom. The Balaban J connectivity index is 1.46. The maximum Gasteiger partial charge on any atom is 0.0537 e. The van der Waals surface area contributed by atoms with Crippen LogP contribution in [0.25, 0.3) is 32.3 Å². The molecule has 0 bridgehead atoms. The molecule has 0 aromatic heterocycles. The van der Waals surface area contributed by atoms with Crippen molar-refractivity contribution in [3.8, 4) is 0 Å². The SMILES string of the molecule is C/C(=C(\C=C/C(C)C1=CC=CCC1)C1=CCC(C)C=C1)N(c1ccc(C)cc1)c1ccc2ccc3cc(C(C)(C)C)cc4ccc1c2c34. The Hall–Kier alpha value is -4.62. The minimum atomic E-state index is 0.0887. The van der Waals surface area contributed by atoms with Crippen molar-refractivity contribution in [2.75, 3.05) is 4.90 Å². The molecule has 0 fully saturated rings. The number of hydrogen-bond acceptors (Lipinski definition) is 1. The van der Waals surface area contributed by atoms with Crippen LogP contribution in [0.4, 0.5) is 11.4 Å². The minimum Gasteiger partial charge on any atom is -0.313 e. The summed E-state index contributed by atoms with van der Waals surface area (Å²) in [6.45, 7) is 16.0. The maximum absolute atomic E-state index is 2.51. The van der Waals surface area contributed by atoms with Crippen molar-refractivity contribution < 1.29 is 0 Å². The number of anilines is 2. The Morgan fingerprint density at radius 2 is 1.60 bits per heavy atom. The van der Waals surface area contributed by atoms with E-state index in [2.05, 4.69) is 175 Å². The van der Waals surface area contributed by atoms with E-state index in [1.54, 1.807) is 0 Å². The van der Waals surface area contributed by atoms with Gasteiger partial charge in [-0.1, -0.05) is 149 Å². The summed E-state index contributed by atoms with van der Waals surface area (Å²) in [4.78, 5) is 2.51. The van der Waals surface area contributed by atoms with Gasteiger partial charge in [0.15, 0.2) is 0 Å². The summed E-state index contributed by atoms with van der Waals surface area (Å²) in [7, 11) is 0. The fourth-order valence-electron chi connectivity index (χ4n) is 7.48. The molecular formula is C47H49N. The fourth-order valence-corrected chi connectivity index (χ4v) is 7.48. The van der Waals surface area contributed by atoms with E-state index in [1.165, 1.54) is 77.2 Å². The van der Waals surface area contributed by atoms with Gasteiger partial charge in [0.1, 0.15) is 0 Å². The highest BCUT2D eigenvalue weighted by molar-refractivity contribution is 6.25.